The van der Waals surface area contributed by atoms with Crippen molar-refractivity contribution in [2.75, 3.05) is 6.61 Å². The second-order valence-electron chi connectivity index (χ2n) is 5.95. The summed E-state index contributed by atoms with van der Waals surface area (Å²) >= 11 is 0. The molecule has 1 heterocycles. The number of carbonyl (C=O) groups is 1. The predicted molar refractivity (Wildman–Crippen MR) is 107 cm³/mol. The molecule has 0 saturated heterocycles. The number of carbonyl (C=O) groups excluding carboxylic acids is 1. The molecule has 3 rings (SSSR count). The highest BCUT2D eigenvalue weighted by Crippen LogP contribution is 2.29. The van der Waals surface area contributed by atoms with Crippen LogP contribution in [0.4, 0.5) is 0 Å². The van der Waals surface area contributed by atoms with Gasteiger partial charge >= 0.3 is 5.97 Å². The van der Waals surface area contributed by atoms with Gasteiger partial charge in [0.1, 0.15) is 0 Å². The molecule has 0 saturated carbocycles. The summed E-state index contributed by atoms with van der Waals surface area (Å²) in [5.74, 6) is 1.47. The van der Waals surface area contributed by atoms with Crippen molar-refractivity contribution in [2.24, 2.45) is 0 Å². The SMILES string of the molecule is C=C[B]c1cccc(-n2c(-c3ccccc3)cc(C(=O)OCC)c2C)c1. The average molecular weight is 342 g/mol. The van der Waals surface area contributed by atoms with Crippen molar-refractivity contribution >= 4 is 18.7 Å². The van der Waals surface area contributed by atoms with E-state index in [1.54, 1.807) is 5.98 Å². The quantitative estimate of drug-likeness (QED) is 0.499. The number of ether oxygens (including phenoxy) is 1. The van der Waals surface area contributed by atoms with E-state index >= 15 is 0 Å². The summed E-state index contributed by atoms with van der Waals surface area (Å²) in [7, 11) is 1.96. The lowest BCUT2D eigenvalue weighted by Crippen LogP contribution is -2.13. The average Bonchev–Trinajstić information content (AvgIpc) is 3.00. The van der Waals surface area contributed by atoms with Gasteiger partial charge in [-0.15, -0.1) is 12.6 Å². The Bertz CT molecular complexity index is 929. The van der Waals surface area contributed by atoms with Crippen LogP contribution in [0.3, 0.4) is 0 Å². The molecule has 0 spiro atoms. The molecule has 0 aliphatic heterocycles. The smallest absolute Gasteiger partial charge is 0.339 e. The zero-order chi connectivity index (χ0) is 18.5. The van der Waals surface area contributed by atoms with E-state index in [0.717, 1.165) is 28.1 Å². The van der Waals surface area contributed by atoms with Crippen LogP contribution in [0.2, 0.25) is 0 Å². The Balaban J connectivity index is 2.20. The van der Waals surface area contributed by atoms with Gasteiger partial charge in [-0.25, -0.2) is 4.79 Å². The zero-order valence-electron chi connectivity index (χ0n) is 15.1. The Hall–Kier alpha value is -3.01. The molecule has 0 fully saturated rings. The lowest BCUT2D eigenvalue weighted by molar-refractivity contribution is 0.0525. The van der Waals surface area contributed by atoms with Crippen LogP contribution in [0.1, 0.15) is 23.0 Å². The molecule has 0 aliphatic rings. The van der Waals surface area contributed by atoms with Crippen LogP contribution >= 0.6 is 0 Å². The highest BCUT2D eigenvalue weighted by Gasteiger charge is 2.20. The highest BCUT2D eigenvalue weighted by atomic mass is 16.5. The van der Waals surface area contributed by atoms with Crippen LogP contribution in [-0.2, 0) is 4.74 Å². The fourth-order valence-corrected chi connectivity index (χ4v) is 3.08. The van der Waals surface area contributed by atoms with Gasteiger partial charge in [0.05, 0.1) is 17.9 Å². The van der Waals surface area contributed by atoms with Gasteiger partial charge in [-0.1, -0.05) is 47.9 Å². The molecular formula is C22H21BNO2. The monoisotopic (exact) mass is 342 g/mol. The van der Waals surface area contributed by atoms with Crippen LogP contribution in [0.25, 0.3) is 16.9 Å². The Morgan fingerprint density at radius 2 is 1.92 bits per heavy atom. The van der Waals surface area contributed by atoms with E-state index in [0.29, 0.717) is 12.2 Å². The summed E-state index contributed by atoms with van der Waals surface area (Å²) in [6.07, 6.45) is 0. The highest BCUT2D eigenvalue weighted by molar-refractivity contribution is 6.58. The standard InChI is InChI=1S/C22H21BNO2/c1-4-23-18-12-9-13-19(14-18)24-16(3)20(22(25)26-5-2)15-21(24)17-10-7-6-8-11-17/h4,6-15H,1,5H2,2-3H3. The predicted octanol–water partition coefficient (Wildman–Crippen LogP) is 4.10. The van der Waals surface area contributed by atoms with Crippen LogP contribution in [0, 0.1) is 6.92 Å². The third-order valence-electron chi connectivity index (χ3n) is 4.25. The van der Waals surface area contributed by atoms with Crippen molar-refractivity contribution in [3.8, 4) is 16.9 Å². The van der Waals surface area contributed by atoms with Gasteiger partial charge in [0, 0.05) is 11.4 Å². The molecule has 0 atom stereocenters. The minimum absolute atomic E-state index is 0.297. The molecule has 3 aromatic rings. The zero-order valence-corrected chi connectivity index (χ0v) is 15.1. The molecule has 26 heavy (non-hydrogen) atoms. The van der Waals surface area contributed by atoms with Crippen LogP contribution < -0.4 is 5.46 Å². The van der Waals surface area contributed by atoms with E-state index in [1.165, 1.54) is 0 Å². The summed E-state index contributed by atoms with van der Waals surface area (Å²) in [6, 6.07) is 20.1. The molecule has 0 aliphatic carbocycles. The Labute approximate surface area is 155 Å². The third-order valence-corrected chi connectivity index (χ3v) is 4.25. The maximum absolute atomic E-state index is 12.4. The van der Waals surface area contributed by atoms with Crippen molar-refractivity contribution in [3.63, 3.8) is 0 Å². The van der Waals surface area contributed by atoms with E-state index in [2.05, 4.69) is 17.2 Å². The summed E-state index contributed by atoms with van der Waals surface area (Å²) in [6.45, 7) is 7.88. The van der Waals surface area contributed by atoms with Gasteiger partial charge in [-0.05, 0) is 37.6 Å². The molecular weight excluding hydrogens is 321 g/mol. The van der Waals surface area contributed by atoms with E-state index < -0.39 is 0 Å². The van der Waals surface area contributed by atoms with Crippen molar-refractivity contribution in [2.45, 2.75) is 13.8 Å². The summed E-state index contributed by atoms with van der Waals surface area (Å²) in [4.78, 5) is 12.4. The molecule has 3 nitrogen and oxygen atoms in total. The molecule has 0 unspecified atom stereocenters. The maximum atomic E-state index is 12.4. The molecule has 1 radical (unpaired) electrons. The van der Waals surface area contributed by atoms with E-state index in [4.69, 9.17) is 4.74 Å². The Kier molecular flexibility index (Phi) is 5.42. The van der Waals surface area contributed by atoms with Crippen LogP contribution in [-0.4, -0.2) is 24.4 Å². The van der Waals surface area contributed by atoms with Crippen molar-refractivity contribution < 1.29 is 9.53 Å². The van der Waals surface area contributed by atoms with Gasteiger partial charge in [0.15, 0.2) is 7.28 Å². The largest absolute Gasteiger partial charge is 0.462 e. The number of esters is 1. The number of rotatable bonds is 6. The van der Waals surface area contributed by atoms with Crippen LogP contribution in [0.15, 0.2) is 73.2 Å². The number of benzene rings is 2. The first-order valence-corrected chi connectivity index (χ1v) is 8.66. The van der Waals surface area contributed by atoms with Gasteiger partial charge in [0.25, 0.3) is 0 Å². The fourth-order valence-electron chi connectivity index (χ4n) is 3.08. The second-order valence-corrected chi connectivity index (χ2v) is 5.95. The van der Waals surface area contributed by atoms with Crippen molar-refractivity contribution in [3.05, 3.63) is 84.5 Å². The van der Waals surface area contributed by atoms with Gasteiger partial charge in [-0.3, -0.25) is 0 Å². The summed E-state index contributed by atoms with van der Waals surface area (Å²) < 4.78 is 7.34. The van der Waals surface area contributed by atoms with Gasteiger partial charge in [0.2, 0.25) is 0 Å². The third kappa shape index (κ3) is 3.50. The molecule has 0 amide bonds. The summed E-state index contributed by atoms with van der Waals surface area (Å²) in [5.41, 5.74) is 5.50. The topological polar surface area (TPSA) is 31.2 Å². The molecule has 0 bridgehead atoms. The minimum Gasteiger partial charge on any atom is -0.462 e. The first-order valence-electron chi connectivity index (χ1n) is 8.66. The minimum atomic E-state index is -0.297. The van der Waals surface area contributed by atoms with Crippen molar-refractivity contribution in [1.29, 1.82) is 0 Å². The van der Waals surface area contributed by atoms with Gasteiger partial charge in [-0.2, -0.15) is 0 Å². The molecule has 4 heteroatoms. The molecule has 1 aromatic heterocycles. The van der Waals surface area contributed by atoms with Crippen LogP contribution in [0.5, 0.6) is 0 Å². The number of nitrogens with zero attached hydrogens (tertiary/aromatic N) is 1. The van der Waals surface area contributed by atoms with E-state index in [-0.39, 0.29) is 5.97 Å². The Morgan fingerprint density at radius 3 is 2.62 bits per heavy atom. The van der Waals surface area contributed by atoms with Gasteiger partial charge < -0.3 is 9.30 Å². The molecule has 129 valence electrons. The fraction of sp³-hybridized carbons (Fsp3) is 0.136. The first-order chi connectivity index (χ1) is 12.7. The lowest BCUT2D eigenvalue weighted by Gasteiger charge is -2.13. The lowest BCUT2D eigenvalue weighted by atomic mass is 9.71. The second kappa shape index (κ2) is 7.92. The molecule has 2 aromatic carbocycles. The van der Waals surface area contributed by atoms with E-state index in [1.807, 2.05) is 75.7 Å². The summed E-state index contributed by atoms with van der Waals surface area (Å²) in [5, 5.41) is 0. The number of hydrogen-bond donors (Lipinski definition) is 0. The molecule has 0 N–H and O–H groups in total. The van der Waals surface area contributed by atoms with E-state index in [9.17, 15) is 4.79 Å². The maximum Gasteiger partial charge on any atom is 0.339 e. The Morgan fingerprint density at radius 1 is 1.15 bits per heavy atom. The number of aromatic nitrogens is 1. The van der Waals surface area contributed by atoms with Crippen molar-refractivity contribution in [1.82, 2.24) is 4.57 Å². The first kappa shape index (κ1) is 17.8. The number of hydrogen-bond acceptors (Lipinski definition) is 2. The normalized spacial score (nSPS) is 10.4.